The van der Waals surface area contributed by atoms with Crippen LogP contribution in [0.2, 0.25) is 0 Å². The fraction of sp³-hybridized carbons (Fsp3) is 0.240. The summed E-state index contributed by atoms with van der Waals surface area (Å²) >= 11 is 0. The molecule has 0 saturated carbocycles. The van der Waals surface area contributed by atoms with Crippen molar-refractivity contribution in [1.29, 1.82) is 0 Å². The van der Waals surface area contributed by atoms with Crippen LogP contribution in [-0.2, 0) is 10.0 Å². The summed E-state index contributed by atoms with van der Waals surface area (Å²) in [5.41, 5.74) is 2.49. The lowest BCUT2D eigenvalue weighted by Crippen LogP contribution is -2.35. The van der Waals surface area contributed by atoms with E-state index in [-0.39, 0.29) is 16.8 Å². The zero-order valence-electron chi connectivity index (χ0n) is 19.2. The Labute approximate surface area is 195 Å². The van der Waals surface area contributed by atoms with Crippen molar-refractivity contribution < 1.29 is 17.9 Å². The zero-order valence-corrected chi connectivity index (χ0v) is 20.0. The maximum Gasteiger partial charge on any atom is 0.261 e. The summed E-state index contributed by atoms with van der Waals surface area (Å²) in [5, 5.41) is 2.95. The maximum atomic E-state index is 13.0. The monoisotopic (exact) mass is 467 g/mol. The number of methoxy groups -OCH3 is 1. The molecule has 0 aliphatic rings. The van der Waals surface area contributed by atoms with E-state index in [9.17, 15) is 13.2 Å². The number of hydrogen-bond acceptors (Lipinski definition) is 5. The van der Waals surface area contributed by atoms with Crippen LogP contribution in [0.3, 0.4) is 0 Å². The highest BCUT2D eigenvalue weighted by Crippen LogP contribution is 2.22. The molecule has 3 rings (SSSR count). The molecule has 0 aliphatic heterocycles. The molecule has 1 atom stereocenters. The Hall–Kier alpha value is -3.36. The molecule has 174 valence electrons. The third kappa shape index (κ3) is 6.12. The van der Waals surface area contributed by atoms with Crippen molar-refractivity contribution in [1.82, 2.24) is 10.2 Å². The number of aryl methyl sites for hydroxylation is 1. The van der Waals surface area contributed by atoms with E-state index in [1.165, 1.54) is 12.1 Å². The number of nitrogens with zero attached hydrogens (tertiary/aromatic N) is 1. The van der Waals surface area contributed by atoms with Gasteiger partial charge in [-0.1, -0.05) is 36.4 Å². The Bertz CT molecular complexity index is 1190. The first-order chi connectivity index (χ1) is 15.7. The fourth-order valence-electron chi connectivity index (χ4n) is 3.44. The lowest BCUT2D eigenvalue weighted by molar-refractivity contribution is 0.0941. The molecule has 33 heavy (non-hydrogen) atoms. The van der Waals surface area contributed by atoms with Gasteiger partial charge < -0.3 is 15.0 Å². The first kappa shape index (κ1) is 24.3. The number of benzene rings is 3. The number of hydrogen-bond donors (Lipinski definition) is 2. The van der Waals surface area contributed by atoms with Crippen LogP contribution in [0.25, 0.3) is 0 Å². The average molecular weight is 468 g/mol. The second-order valence-corrected chi connectivity index (χ2v) is 9.59. The predicted octanol–water partition coefficient (Wildman–Crippen LogP) is 3.84. The predicted molar refractivity (Wildman–Crippen MR) is 130 cm³/mol. The largest absolute Gasteiger partial charge is 0.497 e. The highest BCUT2D eigenvalue weighted by Gasteiger charge is 2.20. The standard InChI is InChI=1S/C25H29N3O4S/c1-18-10-15-22(33(30,31)27-20-11-13-21(32-4)14-12-20)16-23(18)25(29)26-17-24(28(2)3)19-8-6-5-7-9-19/h5-16,24,27H,17H2,1-4H3,(H,26,29)/t24-/m1/s1. The van der Waals surface area contributed by atoms with Gasteiger partial charge in [-0.15, -0.1) is 0 Å². The van der Waals surface area contributed by atoms with Crippen molar-refractivity contribution in [2.45, 2.75) is 17.9 Å². The van der Waals surface area contributed by atoms with Crippen molar-refractivity contribution in [2.24, 2.45) is 0 Å². The van der Waals surface area contributed by atoms with Gasteiger partial charge in [-0.3, -0.25) is 9.52 Å². The molecule has 0 saturated heterocycles. The summed E-state index contributed by atoms with van der Waals surface area (Å²) in [6, 6.07) is 21.0. The molecule has 0 unspecified atom stereocenters. The molecule has 1 amide bonds. The minimum Gasteiger partial charge on any atom is -0.497 e. The minimum absolute atomic E-state index is 0.0147. The highest BCUT2D eigenvalue weighted by molar-refractivity contribution is 7.92. The Morgan fingerprint density at radius 3 is 2.27 bits per heavy atom. The van der Waals surface area contributed by atoms with Gasteiger partial charge >= 0.3 is 0 Å². The fourth-order valence-corrected chi connectivity index (χ4v) is 4.53. The SMILES string of the molecule is COc1ccc(NS(=O)(=O)c2ccc(C)c(C(=O)NC[C@H](c3ccccc3)N(C)C)c2)cc1. The molecule has 0 radical (unpaired) electrons. The number of carbonyl (C=O) groups is 1. The number of ether oxygens (including phenoxy) is 1. The molecule has 2 N–H and O–H groups in total. The van der Waals surface area contributed by atoms with Gasteiger partial charge in [0.25, 0.3) is 15.9 Å². The Kier molecular flexibility index (Phi) is 7.73. The van der Waals surface area contributed by atoms with Gasteiger partial charge in [0, 0.05) is 17.8 Å². The molecule has 0 heterocycles. The number of nitrogens with one attached hydrogen (secondary N) is 2. The van der Waals surface area contributed by atoms with Crippen LogP contribution in [0, 0.1) is 6.92 Å². The van der Waals surface area contributed by atoms with Gasteiger partial charge in [-0.25, -0.2) is 8.42 Å². The van der Waals surface area contributed by atoms with Gasteiger partial charge in [-0.05, 0) is 68.5 Å². The maximum absolute atomic E-state index is 13.0. The van der Waals surface area contributed by atoms with Crippen LogP contribution in [0.15, 0.2) is 77.7 Å². The van der Waals surface area contributed by atoms with Crippen molar-refractivity contribution >= 4 is 21.6 Å². The Morgan fingerprint density at radius 2 is 1.67 bits per heavy atom. The van der Waals surface area contributed by atoms with Gasteiger partial charge in [0.2, 0.25) is 0 Å². The number of sulfonamides is 1. The lowest BCUT2D eigenvalue weighted by atomic mass is 10.1. The lowest BCUT2D eigenvalue weighted by Gasteiger charge is -2.25. The molecular formula is C25H29N3O4S. The average Bonchev–Trinajstić information content (AvgIpc) is 2.80. The third-order valence-electron chi connectivity index (χ3n) is 5.37. The van der Waals surface area contributed by atoms with Crippen LogP contribution in [0.5, 0.6) is 5.75 Å². The van der Waals surface area contributed by atoms with Crippen LogP contribution in [0.4, 0.5) is 5.69 Å². The van der Waals surface area contributed by atoms with E-state index in [1.54, 1.807) is 44.4 Å². The second-order valence-electron chi connectivity index (χ2n) is 7.91. The second kappa shape index (κ2) is 10.5. The molecular weight excluding hydrogens is 438 g/mol. The zero-order chi connectivity index (χ0) is 24.0. The van der Waals surface area contributed by atoms with Crippen LogP contribution in [0.1, 0.15) is 27.5 Å². The van der Waals surface area contributed by atoms with Gasteiger partial charge in [0.05, 0.1) is 18.0 Å². The summed E-state index contributed by atoms with van der Waals surface area (Å²) in [6.07, 6.45) is 0. The number of amides is 1. The van der Waals surface area contributed by atoms with Crippen molar-refractivity contribution in [3.63, 3.8) is 0 Å². The summed E-state index contributed by atoms with van der Waals surface area (Å²) in [7, 11) is 1.57. The van der Waals surface area contributed by atoms with E-state index in [2.05, 4.69) is 10.0 Å². The van der Waals surface area contributed by atoms with Crippen LogP contribution < -0.4 is 14.8 Å². The van der Waals surface area contributed by atoms with Gasteiger partial charge in [0.1, 0.15) is 5.75 Å². The van der Waals surface area contributed by atoms with Crippen molar-refractivity contribution in [2.75, 3.05) is 32.5 Å². The van der Waals surface area contributed by atoms with E-state index in [0.29, 0.717) is 29.1 Å². The number of anilines is 1. The Morgan fingerprint density at radius 1 is 1.00 bits per heavy atom. The molecule has 8 heteroatoms. The normalized spacial score (nSPS) is 12.3. The summed E-state index contributed by atoms with van der Waals surface area (Å²) in [6.45, 7) is 2.17. The van der Waals surface area contributed by atoms with Crippen LogP contribution in [-0.4, -0.2) is 47.0 Å². The van der Waals surface area contributed by atoms with E-state index in [0.717, 1.165) is 5.56 Å². The van der Waals surface area contributed by atoms with Crippen LogP contribution >= 0.6 is 0 Å². The number of rotatable bonds is 9. The topological polar surface area (TPSA) is 87.7 Å². The molecule has 3 aromatic rings. The summed E-state index contributed by atoms with van der Waals surface area (Å²) in [5.74, 6) is 0.301. The molecule has 0 aliphatic carbocycles. The summed E-state index contributed by atoms with van der Waals surface area (Å²) < 4.78 is 33.4. The van der Waals surface area contributed by atoms with Crippen molar-refractivity contribution in [3.05, 3.63) is 89.5 Å². The molecule has 0 bridgehead atoms. The van der Waals surface area contributed by atoms with E-state index < -0.39 is 10.0 Å². The number of carbonyl (C=O) groups excluding carboxylic acids is 1. The van der Waals surface area contributed by atoms with E-state index in [1.807, 2.05) is 49.3 Å². The first-order valence-corrected chi connectivity index (χ1v) is 12.0. The molecule has 0 fully saturated rings. The first-order valence-electron chi connectivity index (χ1n) is 10.5. The Balaban J connectivity index is 1.77. The van der Waals surface area contributed by atoms with Gasteiger partial charge in [0.15, 0.2) is 0 Å². The number of likely N-dealkylation sites (N-methyl/N-ethyl adjacent to an activating group) is 1. The molecule has 0 spiro atoms. The molecule has 0 aromatic heterocycles. The smallest absolute Gasteiger partial charge is 0.261 e. The van der Waals surface area contributed by atoms with E-state index >= 15 is 0 Å². The molecule has 3 aromatic carbocycles. The van der Waals surface area contributed by atoms with Crippen molar-refractivity contribution in [3.8, 4) is 5.75 Å². The van der Waals surface area contributed by atoms with Gasteiger partial charge in [-0.2, -0.15) is 0 Å². The highest BCUT2D eigenvalue weighted by atomic mass is 32.2. The quantitative estimate of drug-likeness (QED) is 0.499. The van der Waals surface area contributed by atoms with E-state index in [4.69, 9.17) is 4.74 Å². The third-order valence-corrected chi connectivity index (χ3v) is 6.75. The minimum atomic E-state index is -3.87. The molecule has 7 nitrogen and oxygen atoms in total. The summed E-state index contributed by atoms with van der Waals surface area (Å²) in [4.78, 5) is 15.0.